The SMILES string of the molecule is NC(=O)[C@H](CCC1CCCCC1)NC(=O)c1ccc(NC(=O)c2cc(-c3ccccc3)n[nH]2)s1. The predicted octanol–water partition coefficient (Wildman–Crippen LogP) is 4.33. The first-order valence-corrected chi connectivity index (χ1v) is 12.4. The summed E-state index contributed by atoms with van der Waals surface area (Å²) in [7, 11) is 0. The summed E-state index contributed by atoms with van der Waals surface area (Å²) in [6, 6.07) is 13.8. The Kier molecular flexibility index (Phi) is 7.74. The van der Waals surface area contributed by atoms with E-state index in [0.717, 1.165) is 23.3 Å². The van der Waals surface area contributed by atoms with Gasteiger partial charge in [-0.3, -0.25) is 19.5 Å². The molecule has 1 atom stereocenters. The van der Waals surface area contributed by atoms with Crippen LogP contribution in [0.3, 0.4) is 0 Å². The van der Waals surface area contributed by atoms with Crippen molar-refractivity contribution in [2.45, 2.75) is 51.0 Å². The number of hydrogen-bond donors (Lipinski definition) is 4. The number of H-pyrrole nitrogens is 1. The monoisotopic (exact) mass is 479 g/mol. The number of thiophene rings is 1. The number of nitrogens with zero attached hydrogens (tertiary/aromatic N) is 1. The van der Waals surface area contributed by atoms with E-state index >= 15 is 0 Å². The van der Waals surface area contributed by atoms with Crippen LogP contribution >= 0.6 is 11.3 Å². The number of amides is 3. The van der Waals surface area contributed by atoms with Crippen LogP contribution in [0.15, 0.2) is 48.5 Å². The summed E-state index contributed by atoms with van der Waals surface area (Å²) in [5.74, 6) is -0.652. The van der Waals surface area contributed by atoms with Gasteiger partial charge >= 0.3 is 0 Å². The van der Waals surface area contributed by atoms with E-state index in [1.165, 1.54) is 32.1 Å². The Balaban J connectivity index is 1.32. The molecule has 2 heterocycles. The topological polar surface area (TPSA) is 130 Å². The second-order valence-corrected chi connectivity index (χ2v) is 9.74. The molecular weight excluding hydrogens is 450 g/mol. The van der Waals surface area contributed by atoms with Crippen molar-refractivity contribution < 1.29 is 14.4 Å². The molecule has 178 valence electrons. The molecule has 1 saturated carbocycles. The molecular formula is C25H29N5O3S. The maximum Gasteiger partial charge on any atom is 0.274 e. The number of primary amides is 1. The van der Waals surface area contributed by atoms with Crippen LogP contribution in [-0.4, -0.2) is 34.0 Å². The van der Waals surface area contributed by atoms with Crippen LogP contribution in [0.25, 0.3) is 11.3 Å². The van der Waals surface area contributed by atoms with Crippen molar-refractivity contribution in [1.82, 2.24) is 15.5 Å². The summed E-state index contributed by atoms with van der Waals surface area (Å²) in [5, 5.41) is 13.0. The van der Waals surface area contributed by atoms with E-state index in [4.69, 9.17) is 5.73 Å². The quantitative estimate of drug-likeness (QED) is 0.364. The minimum absolute atomic E-state index is 0.315. The molecule has 8 nitrogen and oxygen atoms in total. The average molecular weight is 480 g/mol. The molecule has 34 heavy (non-hydrogen) atoms. The Morgan fingerprint density at radius 1 is 1.06 bits per heavy atom. The summed E-state index contributed by atoms with van der Waals surface area (Å²) in [4.78, 5) is 37.6. The lowest BCUT2D eigenvalue weighted by molar-refractivity contribution is -0.120. The molecule has 1 aromatic carbocycles. The standard InChI is InChI=1S/C25H29N5O3S/c26-23(31)18(12-11-16-7-3-1-4-8-16)27-25(33)21-13-14-22(34-21)28-24(32)20-15-19(29-30-20)17-9-5-2-6-10-17/h2,5-6,9-10,13-16,18H,1,3-4,7-8,11-12H2,(H2,26,31)(H,27,33)(H,28,32)(H,29,30)/t18-/m0/s1. The maximum absolute atomic E-state index is 12.7. The maximum atomic E-state index is 12.7. The number of rotatable bonds is 9. The number of nitrogens with one attached hydrogen (secondary N) is 3. The lowest BCUT2D eigenvalue weighted by Crippen LogP contribution is -2.44. The zero-order chi connectivity index (χ0) is 23.9. The van der Waals surface area contributed by atoms with Gasteiger partial charge in [0.2, 0.25) is 5.91 Å². The number of anilines is 1. The molecule has 3 aromatic rings. The molecule has 0 spiro atoms. The number of aromatic amines is 1. The first kappa shape index (κ1) is 23.7. The van der Waals surface area contributed by atoms with Gasteiger partial charge in [0, 0.05) is 5.56 Å². The van der Waals surface area contributed by atoms with Crippen LogP contribution in [0.2, 0.25) is 0 Å². The van der Waals surface area contributed by atoms with Gasteiger partial charge in [0.25, 0.3) is 11.8 Å². The Morgan fingerprint density at radius 2 is 1.82 bits per heavy atom. The zero-order valence-electron chi connectivity index (χ0n) is 18.9. The van der Waals surface area contributed by atoms with E-state index in [1.807, 2.05) is 30.3 Å². The van der Waals surface area contributed by atoms with Crippen molar-refractivity contribution in [3.8, 4) is 11.3 Å². The molecule has 1 aliphatic rings. The van der Waals surface area contributed by atoms with E-state index < -0.39 is 11.9 Å². The number of carbonyl (C=O) groups is 3. The van der Waals surface area contributed by atoms with Crippen molar-refractivity contribution in [3.05, 3.63) is 59.1 Å². The Bertz CT molecular complexity index is 1130. The molecule has 0 radical (unpaired) electrons. The molecule has 9 heteroatoms. The number of aromatic nitrogens is 2. The van der Waals surface area contributed by atoms with Crippen molar-refractivity contribution in [2.24, 2.45) is 11.7 Å². The Hall–Kier alpha value is -3.46. The highest BCUT2D eigenvalue weighted by molar-refractivity contribution is 7.18. The van der Waals surface area contributed by atoms with Gasteiger partial charge in [-0.1, -0.05) is 62.4 Å². The normalized spacial score (nSPS) is 14.9. The number of benzene rings is 1. The molecule has 2 aromatic heterocycles. The number of carbonyl (C=O) groups excluding carboxylic acids is 3. The molecule has 0 bridgehead atoms. The highest BCUT2D eigenvalue weighted by atomic mass is 32.1. The van der Waals surface area contributed by atoms with Gasteiger partial charge in [0.15, 0.2) is 0 Å². The zero-order valence-corrected chi connectivity index (χ0v) is 19.7. The van der Waals surface area contributed by atoms with E-state index in [-0.39, 0.29) is 11.8 Å². The number of hydrogen-bond acceptors (Lipinski definition) is 5. The summed E-state index contributed by atoms with van der Waals surface area (Å²) in [5.41, 5.74) is 7.43. The molecule has 1 aliphatic carbocycles. The molecule has 3 amide bonds. The molecule has 0 unspecified atom stereocenters. The van der Waals surface area contributed by atoms with Crippen molar-refractivity contribution in [1.29, 1.82) is 0 Å². The minimum Gasteiger partial charge on any atom is -0.368 e. The largest absolute Gasteiger partial charge is 0.368 e. The first-order valence-electron chi connectivity index (χ1n) is 11.6. The second kappa shape index (κ2) is 11.1. The van der Waals surface area contributed by atoms with Crippen molar-refractivity contribution >= 4 is 34.1 Å². The van der Waals surface area contributed by atoms with Gasteiger partial charge in [-0.2, -0.15) is 5.10 Å². The van der Waals surface area contributed by atoms with Gasteiger partial charge in [0.05, 0.1) is 15.6 Å². The Morgan fingerprint density at radius 3 is 2.56 bits per heavy atom. The third kappa shape index (κ3) is 6.11. The highest BCUT2D eigenvalue weighted by Crippen LogP contribution is 2.28. The smallest absolute Gasteiger partial charge is 0.274 e. The van der Waals surface area contributed by atoms with Crippen LogP contribution in [0.4, 0.5) is 5.00 Å². The van der Waals surface area contributed by atoms with Gasteiger partial charge in [-0.15, -0.1) is 11.3 Å². The van der Waals surface area contributed by atoms with Crippen LogP contribution in [-0.2, 0) is 4.79 Å². The highest BCUT2D eigenvalue weighted by Gasteiger charge is 2.23. The van der Waals surface area contributed by atoms with E-state index in [2.05, 4.69) is 20.8 Å². The second-order valence-electron chi connectivity index (χ2n) is 8.66. The number of nitrogens with two attached hydrogens (primary N) is 1. The van der Waals surface area contributed by atoms with Crippen molar-refractivity contribution in [2.75, 3.05) is 5.32 Å². The fraction of sp³-hybridized carbons (Fsp3) is 0.360. The molecule has 4 rings (SSSR count). The fourth-order valence-electron chi connectivity index (χ4n) is 4.29. The molecule has 1 fully saturated rings. The van der Waals surface area contributed by atoms with Gasteiger partial charge in [-0.05, 0) is 37.0 Å². The molecule has 0 saturated heterocycles. The van der Waals surface area contributed by atoms with Crippen LogP contribution in [0.5, 0.6) is 0 Å². The van der Waals surface area contributed by atoms with Crippen LogP contribution < -0.4 is 16.4 Å². The lowest BCUT2D eigenvalue weighted by atomic mass is 9.85. The van der Waals surface area contributed by atoms with E-state index in [9.17, 15) is 14.4 Å². The van der Waals surface area contributed by atoms with Crippen LogP contribution in [0.1, 0.15) is 65.1 Å². The summed E-state index contributed by atoms with van der Waals surface area (Å²) >= 11 is 1.14. The van der Waals surface area contributed by atoms with Gasteiger partial charge in [0.1, 0.15) is 11.7 Å². The predicted molar refractivity (Wildman–Crippen MR) is 133 cm³/mol. The molecule has 5 N–H and O–H groups in total. The summed E-state index contributed by atoms with van der Waals surface area (Å²) in [6.45, 7) is 0. The fourth-order valence-corrected chi connectivity index (χ4v) is 5.10. The first-order chi connectivity index (χ1) is 16.5. The lowest BCUT2D eigenvalue weighted by Gasteiger charge is -2.23. The van der Waals surface area contributed by atoms with Crippen LogP contribution in [0, 0.1) is 5.92 Å². The van der Waals surface area contributed by atoms with Crippen molar-refractivity contribution in [3.63, 3.8) is 0 Å². The Labute approximate surface area is 202 Å². The average Bonchev–Trinajstić information content (AvgIpc) is 3.53. The molecule has 0 aliphatic heterocycles. The van der Waals surface area contributed by atoms with Gasteiger partial charge in [-0.25, -0.2) is 0 Å². The minimum atomic E-state index is -0.698. The third-order valence-corrected chi connectivity index (χ3v) is 7.20. The summed E-state index contributed by atoms with van der Waals surface area (Å²) < 4.78 is 0. The van der Waals surface area contributed by atoms with Gasteiger partial charge < -0.3 is 16.4 Å². The van der Waals surface area contributed by atoms with E-state index in [0.29, 0.717) is 33.6 Å². The third-order valence-electron chi connectivity index (χ3n) is 6.20. The summed E-state index contributed by atoms with van der Waals surface area (Å²) in [6.07, 6.45) is 7.52. The van der Waals surface area contributed by atoms with E-state index in [1.54, 1.807) is 18.2 Å².